The van der Waals surface area contributed by atoms with E-state index in [4.69, 9.17) is 20.3 Å². The first kappa shape index (κ1) is 34.5. The van der Waals surface area contributed by atoms with Gasteiger partial charge < -0.3 is 49.3 Å². The van der Waals surface area contributed by atoms with Crippen LogP contribution in [-0.2, 0) is 56.2 Å². The molecular weight excluding hydrogens is 644 g/mol. The average molecular weight is 660 g/mol. The molecule has 0 aliphatic carbocycles. The standard InChI is InChI=1S/C16H8N6O4P2.2C2H5NO2.2V/c23-5-27-15-17-3-9(21-15)13-19-7-1-11-8(2-12(7)26-13)20-14(25-11)10-4-18-16(22-10)28-6-24;2*1-5-2(3)4;;/h1-4,27-28H,(H,17,21)(H,18,22);2*1H3,(H2,3,4);;/q-2;;;2*+2/p-2. The fourth-order valence-electron chi connectivity index (χ4n) is 2.66. The zero-order valence-electron chi connectivity index (χ0n) is 20.3. The maximum Gasteiger partial charge on any atom is 2.00 e. The number of rotatable bonds is 6. The van der Waals surface area contributed by atoms with Crippen LogP contribution in [0.15, 0.2) is 33.4 Å². The quantitative estimate of drug-likeness (QED) is 0.197. The molecule has 0 spiro atoms. The van der Waals surface area contributed by atoms with Gasteiger partial charge >= 0.3 is 37.1 Å². The van der Waals surface area contributed by atoms with E-state index in [1.807, 2.05) is 12.1 Å². The minimum atomic E-state index is -0.995. The average Bonchev–Trinajstić information content (AvgIpc) is 3.69. The summed E-state index contributed by atoms with van der Waals surface area (Å²) in [7, 11) is 1.97. The monoisotopic (exact) mass is 660 g/mol. The predicted molar refractivity (Wildman–Crippen MR) is 137 cm³/mol. The van der Waals surface area contributed by atoms with Gasteiger partial charge in [0.05, 0.1) is 37.7 Å². The number of amides is 2. The van der Waals surface area contributed by atoms with Crippen LogP contribution in [0, 0.1) is 0 Å². The van der Waals surface area contributed by atoms with Gasteiger partial charge in [-0.25, -0.2) is 32.0 Å². The molecule has 0 aliphatic rings. The SMILES string of the molecule is COC([NH-])=O.COC([NH-])=O.O=[C-]Pc1ncc(-c2nc3cc4oc(-c5cnc(P[C-]=O)[nH]5)nc4cc3o2)[nH]1.[V+2].[V+2]. The Morgan fingerprint density at radius 2 is 1.15 bits per heavy atom. The molecule has 4 N–H and O–H groups in total. The number of carbonyl (C=O) groups is 2. The van der Waals surface area contributed by atoms with Crippen LogP contribution in [0.1, 0.15) is 0 Å². The number of aromatic nitrogens is 6. The van der Waals surface area contributed by atoms with E-state index in [0.29, 0.717) is 56.5 Å². The van der Waals surface area contributed by atoms with Crippen molar-refractivity contribution in [1.82, 2.24) is 29.9 Å². The molecule has 20 heteroatoms. The largest absolute Gasteiger partial charge is 2.00 e. The van der Waals surface area contributed by atoms with E-state index >= 15 is 0 Å². The number of hydrogen-bond donors (Lipinski definition) is 2. The van der Waals surface area contributed by atoms with Crippen LogP contribution < -0.4 is 11.1 Å². The summed E-state index contributed by atoms with van der Waals surface area (Å²) >= 11 is 0. The van der Waals surface area contributed by atoms with Crippen molar-refractivity contribution in [2.24, 2.45) is 0 Å². The molecule has 4 aromatic heterocycles. The molecule has 4 heterocycles. The van der Waals surface area contributed by atoms with E-state index in [1.165, 1.54) is 0 Å². The van der Waals surface area contributed by atoms with E-state index in [9.17, 15) is 19.2 Å². The first-order chi connectivity index (χ1) is 18.3. The molecular formula is C20H16N8O8P2V2. The molecule has 5 aromatic rings. The van der Waals surface area contributed by atoms with Crippen LogP contribution in [0.2, 0.25) is 0 Å². The number of fused-ring (bicyclic) bond motifs is 2. The topological polar surface area (TPSA) is 244 Å². The molecule has 2 amide bonds. The first-order valence-electron chi connectivity index (χ1n) is 9.95. The third-order valence-electron chi connectivity index (χ3n) is 4.22. The number of aromatic amines is 2. The summed E-state index contributed by atoms with van der Waals surface area (Å²) in [6.07, 6.45) is 1.12. The van der Waals surface area contributed by atoms with Crippen LogP contribution in [0.5, 0.6) is 0 Å². The van der Waals surface area contributed by atoms with Crippen LogP contribution >= 0.6 is 17.2 Å². The number of hydrogen-bond acceptors (Lipinski definition) is 12. The van der Waals surface area contributed by atoms with E-state index in [2.05, 4.69) is 39.4 Å². The second-order valence-corrected chi connectivity index (χ2v) is 8.41. The van der Waals surface area contributed by atoms with Gasteiger partial charge in [-0.3, -0.25) is 9.59 Å². The molecule has 0 saturated heterocycles. The van der Waals surface area contributed by atoms with Gasteiger partial charge in [0, 0.05) is 12.1 Å². The number of oxazole rings is 2. The molecule has 2 unspecified atom stereocenters. The van der Waals surface area contributed by atoms with Crippen molar-refractivity contribution in [2.75, 3.05) is 14.2 Å². The third-order valence-corrected chi connectivity index (χ3v) is 5.41. The third kappa shape index (κ3) is 9.30. The van der Waals surface area contributed by atoms with Crippen LogP contribution in [0.3, 0.4) is 0 Å². The molecule has 1 aromatic carbocycles. The zero-order chi connectivity index (χ0) is 27.7. The van der Waals surface area contributed by atoms with Gasteiger partial charge in [-0.15, -0.1) is 0 Å². The summed E-state index contributed by atoms with van der Waals surface area (Å²) in [4.78, 5) is 62.5. The molecule has 0 bridgehead atoms. The number of carbonyl (C=O) groups excluding carboxylic acids is 4. The fourth-order valence-corrected chi connectivity index (χ4v) is 3.51. The normalized spacial score (nSPS) is 10.2. The smallest absolute Gasteiger partial charge is 0.632 e. The van der Waals surface area contributed by atoms with Gasteiger partial charge in [0.15, 0.2) is 11.2 Å². The molecule has 5 rings (SSSR count). The summed E-state index contributed by atoms with van der Waals surface area (Å²) in [5.74, 6) is 0.697. The molecule has 0 aliphatic heterocycles. The Morgan fingerprint density at radius 3 is 1.45 bits per heavy atom. The van der Waals surface area contributed by atoms with Crippen molar-refractivity contribution >= 4 is 74.7 Å². The van der Waals surface area contributed by atoms with E-state index < -0.39 is 12.2 Å². The second-order valence-electron chi connectivity index (χ2n) is 6.55. The number of nitrogens with one attached hydrogen (secondary N) is 4. The Bertz CT molecular complexity index is 1420. The number of H-pyrrole nitrogens is 2. The minimum Gasteiger partial charge on any atom is -0.632 e. The van der Waals surface area contributed by atoms with Gasteiger partial charge in [-0.1, -0.05) is 0 Å². The zero-order valence-corrected chi connectivity index (χ0v) is 25.1. The summed E-state index contributed by atoms with van der Waals surface area (Å²) in [5, 5.41) is 0. The Hall–Kier alpha value is -3.51. The maximum absolute atomic E-state index is 10.5. The van der Waals surface area contributed by atoms with Gasteiger partial charge in [-0.05, 0) is 0 Å². The molecule has 0 fully saturated rings. The van der Waals surface area contributed by atoms with Crippen molar-refractivity contribution in [3.63, 3.8) is 0 Å². The summed E-state index contributed by atoms with van der Waals surface area (Å²) < 4.78 is 19.1. The Balaban J connectivity index is 0.000000579. The van der Waals surface area contributed by atoms with Crippen molar-refractivity contribution in [2.45, 2.75) is 0 Å². The van der Waals surface area contributed by atoms with Gasteiger partial charge in [-0.2, -0.15) is 17.2 Å². The Labute approximate surface area is 251 Å². The van der Waals surface area contributed by atoms with E-state index in [-0.39, 0.29) is 54.3 Å². The van der Waals surface area contributed by atoms with Gasteiger partial charge in [0.1, 0.15) is 22.4 Å². The molecule has 0 saturated carbocycles. The van der Waals surface area contributed by atoms with Gasteiger partial charge in [0.2, 0.25) is 24.0 Å². The van der Waals surface area contributed by atoms with Crippen LogP contribution in [0.25, 0.3) is 56.8 Å². The fraction of sp³-hybridized carbons (Fsp3) is 0.100. The minimum absolute atomic E-state index is 0. The van der Waals surface area contributed by atoms with E-state index in [1.54, 1.807) is 24.5 Å². The number of imidazole rings is 2. The summed E-state index contributed by atoms with van der Waals surface area (Å²) in [6.45, 7) is 0. The number of ether oxygens (including phenoxy) is 2. The van der Waals surface area contributed by atoms with Crippen LogP contribution in [0.4, 0.5) is 9.59 Å². The summed E-state index contributed by atoms with van der Waals surface area (Å²) in [6, 6.07) is 7.07. The molecule has 204 valence electrons. The van der Waals surface area contributed by atoms with Crippen molar-refractivity contribution < 1.29 is 74.6 Å². The second kappa shape index (κ2) is 16.6. The maximum atomic E-state index is 10.5. The predicted octanol–water partition coefficient (Wildman–Crippen LogP) is 3.10. The van der Waals surface area contributed by atoms with Crippen molar-refractivity contribution in [1.29, 1.82) is 0 Å². The van der Waals surface area contributed by atoms with Gasteiger partial charge in [0.25, 0.3) is 0 Å². The number of methoxy groups -OCH3 is 2. The molecule has 2 atom stereocenters. The van der Waals surface area contributed by atoms with Crippen molar-refractivity contribution in [3.05, 3.63) is 36.0 Å². The Morgan fingerprint density at radius 1 is 0.800 bits per heavy atom. The van der Waals surface area contributed by atoms with Crippen LogP contribution in [-0.4, -0.2) is 68.4 Å². The summed E-state index contributed by atoms with van der Waals surface area (Å²) in [5.41, 5.74) is 16.3. The number of nitrogens with zero attached hydrogens (tertiary/aromatic N) is 4. The molecule has 2 radical (unpaired) electrons. The Kier molecular flexibility index (Phi) is 14.3. The van der Waals surface area contributed by atoms with E-state index in [0.717, 1.165) is 14.2 Å². The molecule has 16 nitrogen and oxygen atoms in total. The number of benzene rings is 1. The molecule has 40 heavy (non-hydrogen) atoms. The first-order valence-corrected chi connectivity index (χ1v) is 11.9. The van der Waals surface area contributed by atoms with Crippen molar-refractivity contribution in [3.8, 4) is 23.2 Å².